The fourth-order valence-corrected chi connectivity index (χ4v) is 2.90. The lowest BCUT2D eigenvalue weighted by molar-refractivity contribution is 0.0940. The summed E-state index contributed by atoms with van der Waals surface area (Å²) in [6.45, 7) is 6.03. The summed E-state index contributed by atoms with van der Waals surface area (Å²) >= 11 is 6.01. The second-order valence-corrected chi connectivity index (χ2v) is 6.80. The Morgan fingerprint density at radius 3 is 2.59 bits per heavy atom. The molecule has 1 aromatic heterocycles. The Balaban J connectivity index is 1.60. The Labute approximate surface area is 163 Å². The Kier molecular flexibility index (Phi) is 5.81. The number of benzene rings is 2. The molecule has 5 nitrogen and oxygen atoms in total. The molecule has 0 fully saturated rings. The molecule has 6 heteroatoms. The van der Waals surface area contributed by atoms with E-state index in [2.05, 4.69) is 10.5 Å². The van der Waals surface area contributed by atoms with E-state index in [9.17, 15) is 4.79 Å². The number of carbonyl (C=O) groups is 1. The fraction of sp³-hybridized carbons (Fsp3) is 0.238. The number of carbonyl (C=O) groups excluding carboxylic acids is 1. The monoisotopic (exact) mass is 384 g/mol. The van der Waals surface area contributed by atoms with E-state index in [-0.39, 0.29) is 11.9 Å². The molecular weight excluding hydrogens is 364 g/mol. The van der Waals surface area contributed by atoms with Crippen molar-refractivity contribution in [2.24, 2.45) is 0 Å². The Hall–Kier alpha value is -2.79. The summed E-state index contributed by atoms with van der Waals surface area (Å²) in [4.78, 5) is 12.5. The lowest BCUT2D eigenvalue weighted by Crippen LogP contribution is -2.26. The summed E-state index contributed by atoms with van der Waals surface area (Å²) in [6, 6.07) is 14.3. The molecular formula is C21H21ClN2O3. The van der Waals surface area contributed by atoms with Gasteiger partial charge in [0.15, 0.2) is 0 Å². The zero-order chi connectivity index (χ0) is 19.4. The van der Waals surface area contributed by atoms with E-state index in [0.29, 0.717) is 22.9 Å². The van der Waals surface area contributed by atoms with Crippen molar-refractivity contribution in [1.82, 2.24) is 10.5 Å². The first-order valence-corrected chi connectivity index (χ1v) is 9.03. The summed E-state index contributed by atoms with van der Waals surface area (Å²) < 4.78 is 10.9. The van der Waals surface area contributed by atoms with Crippen LogP contribution in [0.25, 0.3) is 0 Å². The summed E-state index contributed by atoms with van der Waals surface area (Å²) in [7, 11) is 0. The van der Waals surface area contributed by atoms with Crippen LogP contribution in [0.5, 0.6) is 5.75 Å². The second kappa shape index (κ2) is 8.27. The minimum Gasteiger partial charge on any atom is -0.489 e. The zero-order valence-electron chi connectivity index (χ0n) is 15.5. The molecule has 140 valence electrons. The smallest absolute Gasteiger partial charge is 0.251 e. The van der Waals surface area contributed by atoms with Gasteiger partial charge in [-0.3, -0.25) is 4.79 Å². The molecule has 1 atom stereocenters. The van der Waals surface area contributed by atoms with Crippen LogP contribution in [-0.4, -0.2) is 11.1 Å². The molecule has 0 saturated heterocycles. The van der Waals surface area contributed by atoms with Gasteiger partial charge in [0.1, 0.15) is 18.1 Å². The predicted molar refractivity (Wildman–Crippen MR) is 104 cm³/mol. The van der Waals surface area contributed by atoms with Gasteiger partial charge in [0.05, 0.1) is 17.3 Å². The molecule has 0 aliphatic carbocycles. The quantitative estimate of drug-likeness (QED) is 0.648. The number of aromatic nitrogens is 1. The van der Waals surface area contributed by atoms with Crippen LogP contribution in [-0.2, 0) is 6.61 Å². The van der Waals surface area contributed by atoms with Gasteiger partial charge in [-0.2, -0.15) is 0 Å². The summed E-state index contributed by atoms with van der Waals surface area (Å²) in [5, 5.41) is 7.52. The molecule has 0 aliphatic heterocycles. The molecule has 3 rings (SSSR count). The number of halogens is 1. The summed E-state index contributed by atoms with van der Waals surface area (Å²) in [6.07, 6.45) is 0. The zero-order valence-corrected chi connectivity index (χ0v) is 16.2. The first-order valence-electron chi connectivity index (χ1n) is 8.65. The fourth-order valence-electron chi connectivity index (χ4n) is 2.71. The SMILES string of the molecule is Cc1noc(C)c1COc1ccc(C(=O)NC(C)c2cccc(Cl)c2)cc1. The van der Waals surface area contributed by atoms with E-state index in [1.165, 1.54) is 0 Å². The molecule has 1 amide bonds. The van der Waals surface area contributed by atoms with Gasteiger partial charge in [0.2, 0.25) is 0 Å². The topological polar surface area (TPSA) is 64.4 Å². The van der Waals surface area contributed by atoms with Gasteiger partial charge in [-0.1, -0.05) is 28.9 Å². The first-order chi connectivity index (χ1) is 12.9. The maximum absolute atomic E-state index is 12.5. The lowest BCUT2D eigenvalue weighted by atomic mass is 10.1. The highest BCUT2D eigenvalue weighted by molar-refractivity contribution is 6.30. The summed E-state index contributed by atoms with van der Waals surface area (Å²) in [5.74, 6) is 1.27. The van der Waals surface area contributed by atoms with Crippen LogP contribution < -0.4 is 10.1 Å². The number of aryl methyl sites for hydroxylation is 2. The molecule has 1 heterocycles. The Bertz CT molecular complexity index is 915. The largest absolute Gasteiger partial charge is 0.489 e. The number of hydrogen-bond acceptors (Lipinski definition) is 4. The number of rotatable bonds is 6. The first kappa shape index (κ1) is 19.0. The van der Waals surface area contributed by atoms with Gasteiger partial charge >= 0.3 is 0 Å². The number of nitrogens with zero attached hydrogens (tertiary/aromatic N) is 1. The van der Waals surface area contributed by atoms with Gasteiger partial charge in [-0.05, 0) is 62.7 Å². The second-order valence-electron chi connectivity index (χ2n) is 6.37. The van der Waals surface area contributed by atoms with Crippen LogP contribution in [0.15, 0.2) is 53.1 Å². The van der Waals surface area contributed by atoms with Crippen molar-refractivity contribution in [3.63, 3.8) is 0 Å². The van der Waals surface area contributed by atoms with Crippen LogP contribution >= 0.6 is 11.6 Å². The standard InChI is InChI=1S/C21H21ClN2O3/c1-13(17-5-4-6-18(22)11-17)23-21(25)16-7-9-19(10-8-16)26-12-20-14(2)24-27-15(20)3/h4-11,13H,12H2,1-3H3,(H,23,25). The van der Waals surface area contributed by atoms with Gasteiger partial charge in [-0.15, -0.1) is 0 Å². The molecule has 0 aliphatic rings. The van der Waals surface area contributed by atoms with Crippen molar-refractivity contribution in [2.75, 3.05) is 0 Å². The van der Waals surface area contributed by atoms with Crippen LogP contribution in [0.3, 0.4) is 0 Å². The molecule has 1 unspecified atom stereocenters. The Morgan fingerprint density at radius 2 is 1.96 bits per heavy atom. The number of amides is 1. The van der Waals surface area contributed by atoms with Gasteiger partial charge in [0.25, 0.3) is 5.91 Å². The minimum atomic E-state index is -0.153. The van der Waals surface area contributed by atoms with E-state index in [1.807, 2.05) is 39.0 Å². The van der Waals surface area contributed by atoms with Crippen molar-refractivity contribution < 1.29 is 14.1 Å². The van der Waals surface area contributed by atoms with Crippen LogP contribution in [0.4, 0.5) is 0 Å². The molecule has 1 N–H and O–H groups in total. The van der Waals surface area contributed by atoms with Crippen molar-refractivity contribution in [2.45, 2.75) is 33.4 Å². The van der Waals surface area contributed by atoms with Gasteiger partial charge < -0.3 is 14.6 Å². The van der Waals surface area contributed by atoms with E-state index < -0.39 is 0 Å². The molecule has 2 aromatic carbocycles. The van der Waals surface area contributed by atoms with Crippen molar-refractivity contribution in [3.8, 4) is 5.75 Å². The molecule has 27 heavy (non-hydrogen) atoms. The molecule has 0 bridgehead atoms. The molecule has 3 aromatic rings. The highest BCUT2D eigenvalue weighted by Crippen LogP contribution is 2.20. The van der Waals surface area contributed by atoms with Crippen molar-refractivity contribution in [3.05, 3.63) is 81.7 Å². The third-order valence-electron chi connectivity index (χ3n) is 4.38. The Morgan fingerprint density at radius 1 is 1.22 bits per heavy atom. The number of hydrogen-bond donors (Lipinski definition) is 1. The molecule has 0 spiro atoms. The normalized spacial score (nSPS) is 11.9. The maximum Gasteiger partial charge on any atom is 0.251 e. The lowest BCUT2D eigenvalue weighted by Gasteiger charge is -2.15. The number of nitrogens with one attached hydrogen (secondary N) is 1. The maximum atomic E-state index is 12.5. The predicted octanol–water partition coefficient (Wildman–Crippen LogP) is 5.01. The summed E-state index contributed by atoms with van der Waals surface area (Å²) in [5.41, 5.74) is 3.27. The van der Waals surface area contributed by atoms with E-state index in [4.69, 9.17) is 20.9 Å². The molecule has 0 saturated carbocycles. The highest BCUT2D eigenvalue weighted by Gasteiger charge is 2.13. The van der Waals surface area contributed by atoms with Gasteiger partial charge in [-0.25, -0.2) is 0 Å². The third kappa shape index (κ3) is 4.68. The van der Waals surface area contributed by atoms with E-state index >= 15 is 0 Å². The van der Waals surface area contributed by atoms with Crippen molar-refractivity contribution in [1.29, 1.82) is 0 Å². The van der Waals surface area contributed by atoms with Crippen LogP contribution in [0, 0.1) is 13.8 Å². The highest BCUT2D eigenvalue weighted by atomic mass is 35.5. The molecule has 0 radical (unpaired) electrons. The van der Waals surface area contributed by atoms with Gasteiger partial charge in [0, 0.05) is 10.6 Å². The average Bonchev–Trinajstić information content (AvgIpc) is 2.98. The third-order valence-corrected chi connectivity index (χ3v) is 4.61. The average molecular weight is 385 g/mol. The van der Waals surface area contributed by atoms with Crippen LogP contribution in [0.1, 0.15) is 45.9 Å². The number of ether oxygens (including phenoxy) is 1. The van der Waals surface area contributed by atoms with Crippen LogP contribution in [0.2, 0.25) is 5.02 Å². The van der Waals surface area contributed by atoms with E-state index in [0.717, 1.165) is 22.6 Å². The van der Waals surface area contributed by atoms with E-state index in [1.54, 1.807) is 30.3 Å². The van der Waals surface area contributed by atoms with Crippen molar-refractivity contribution >= 4 is 17.5 Å². The minimum absolute atomic E-state index is 0.147.